The number of carbonyl (C=O) groups excluding carboxylic acids is 5. The maximum Gasteiger partial charge on any atom is 0.341 e. The van der Waals surface area contributed by atoms with E-state index in [0.717, 1.165) is 82.9 Å². The molecule has 2 amide bonds. The van der Waals surface area contributed by atoms with E-state index >= 15 is 0 Å². The molecule has 372 valence electrons. The summed E-state index contributed by atoms with van der Waals surface area (Å²) in [6, 6.07) is 0. The van der Waals surface area contributed by atoms with Crippen LogP contribution in [-0.2, 0) is 77.1 Å². The smallest absolute Gasteiger partial charge is 0.341 e. The third kappa shape index (κ3) is 13.6. The normalized spacial score (nSPS) is 22.0. The minimum Gasteiger partial charge on any atom is -0.462 e. The number of halogens is 1. The first-order chi connectivity index (χ1) is 31.9. The van der Waals surface area contributed by atoms with Crippen molar-refractivity contribution in [1.29, 1.82) is 0 Å². The number of nitrogens with one attached hydrogen (secondary N) is 2. The fourth-order valence-electron chi connectivity index (χ4n) is 8.23. The van der Waals surface area contributed by atoms with Crippen molar-refractivity contribution < 1.29 is 52.4 Å². The van der Waals surface area contributed by atoms with Gasteiger partial charge in [-0.2, -0.15) is 0 Å². The van der Waals surface area contributed by atoms with Gasteiger partial charge in [0, 0.05) is 33.9 Å². The molecule has 0 spiro atoms. The first-order valence-electron chi connectivity index (χ1n) is 23.4. The van der Waals surface area contributed by atoms with Crippen molar-refractivity contribution in [3.8, 4) is 0 Å². The summed E-state index contributed by atoms with van der Waals surface area (Å²) in [7, 11) is 0. The SMILES string of the molecule is CCOC(=O)c1c(N)sc2c1CC(C)(CC)OC2.CCOC(=O)c1c(NC(=O)CCl)sc2c1CC(C)(CC)OC2.CCOC(=O)c1c(NC(=O)CN2CCCCC2)sc2c1CC(C)(CC)OC2. The molecule has 4 aliphatic rings. The number of amides is 2. The maximum atomic E-state index is 12.7. The van der Waals surface area contributed by atoms with E-state index in [-0.39, 0.29) is 53.0 Å². The minimum atomic E-state index is -0.412. The van der Waals surface area contributed by atoms with Crippen LogP contribution in [0, 0.1) is 0 Å². The zero-order valence-corrected chi connectivity index (χ0v) is 43.8. The molecule has 0 bridgehead atoms. The number of esters is 3. The van der Waals surface area contributed by atoms with Gasteiger partial charge in [0.25, 0.3) is 0 Å². The molecule has 4 aliphatic heterocycles. The molecule has 1 saturated heterocycles. The average molecular weight is 1010 g/mol. The maximum absolute atomic E-state index is 12.7. The van der Waals surface area contributed by atoms with Gasteiger partial charge in [0.15, 0.2) is 0 Å². The predicted molar refractivity (Wildman–Crippen MR) is 265 cm³/mol. The number of ether oxygens (including phenoxy) is 6. The topological polar surface area (TPSA) is 194 Å². The summed E-state index contributed by atoms with van der Waals surface area (Å²) in [4.78, 5) is 66.3. The summed E-state index contributed by atoms with van der Waals surface area (Å²) in [6.07, 6.45) is 8.13. The van der Waals surface area contributed by atoms with Gasteiger partial charge in [-0.1, -0.05) is 27.2 Å². The van der Waals surface area contributed by atoms with Crippen LogP contribution in [0.1, 0.15) is 163 Å². The number of rotatable bonds is 14. The van der Waals surface area contributed by atoms with Gasteiger partial charge in [-0.25, -0.2) is 14.4 Å². The molecule has 3 unspecified atom stereocenters. The predicted octanol–water partition coefficient (Wildman–Crippen LogP) is 9.68. The second kappa shape index (κ2) is 24.3. The second-order valence-corrected chi connectivity index (χ2v) is 21.3. The van der Waals surface area contributed by atoms with E-state index < -0.39 is 5.97 Å². The van der Waals surface area contributed by atoms with E-state index in [1.54, 1.807) is 20.8 Å². The molecule has 3 atom stereocenters. The number of fused-ring (bicyclic) bond motifs is 3. The monoisotopic (exact) mass is 1010 g/mol. The Hall–Kier alpha value is -3.62. The average Bonchev–Trinajstić information content (AvgIpc) is 3.95. The largest absolute Gasteiger partial charge is 0.462 e. The van der Waals surface area contributed by atoms with Gasteiger partial charge in [0.05, 0.1) is 79.7 Å². The lowest BCUT2D eigenvalue weighted by Gasteiger charge is -2.33. The Morgan fingerprint density at radius 1 is 0.597 bits per heavy atom. The molecule has 0 radical (unpaired) electrons. The number of nitrogen functional groups attached to an aromatic ring is 1. The Morgan fingerprint density at radius 2 is 0.970 bits per heavy atom. The van der Waals surface area contributed by atoms with E-state index in [2.05, 4.69) is 50.2 Å². The van der Waals surface area contributed by atoms with Crippen LogP contribution < -0.4 is 16.4 Å². The van der Waals surface area contributed by atoms with Gasteiger partial charge in [-0.15, -0.1) is 45.6 Å². The Morgan fingerprint density at radius 3 is 1.36 bits per heavy atom. The lowest BCUT2D eigenvalue weighted by molar-refractivity contribution is -0.117. The van der Waals surface area contributed by atoms with Crippen LogP contribution in [0.5, 0.6) is 0 Å². The Bertz CT molecular complexity index is 2240. The zero-order chi connectivity index (χ0) is 49.1. The fraction of sp³-hybridized carbons (Fsp3) is 0.646. The highest BCUT2D eigenvalue weighted by molar-refractivity contribution is 7.17. The number of hydrogen-bond donors (Lipinski definition) is 3. The molecular weight excluding hydrogens is 940 g/mol. The molecule has 15 nitrogen and oxygen atoms in total. The standard InChI is InChI=1S/C20H30N2O4S.C15H20ClNO4S.C13H19NO3S/c1-4-20(3)11-14-15(13-26-20)27-18(17(14)19(24)25-5-2)21-16(23)12-22-9-7-6-8-10-22;1-4-15(3)6-9-10(8-21-15)22-13(17-11(18)7-16)12(9)14(19)20-5-2;1-4-13(3)6-8-9(7-17-13)18-11(14)10(8)12(15)16-5-2/h4-13H2,1-3H3,(H,21,23);4-8H2,1-3H3,(H,17,18);4-7,14H2,1-3H3. The van der Waals surface area contributed by atoms with Crippen LogP contribution in [0.25, 0.3) is 0 Å². The Balaban J connectivity index is 0.000000192. The van der Waals surface area contributed by atoms with Crippen LogP contribution in [0.4, 0.5) is 15.0 Å². The van der Waals surface area contributed by atoms with E-state index in [4.69, 9.17) is 45.8 Å². The van der Waals surface area contributed by atoms with Crippen molar-refractivity contribution >= 4 is 90.3 Å². The van der Waals surface area contributed by atoms with E-state index in [1.807, 2.05) is 6.92 Å². The quantitative estimate of drug-likeness (QED) is 0.0786. The molecule has 3 aromatic rings. The number of alkyl halides is 1. The number of anilines is 3. The summed E-state index contributed by atoms with van der Waals surface area (Å²) in [5, 5.41) is 7.32. The van der Waals surface area contributed by atoms with Crippen LogP contribution >= 0.6 is 45.6 Å². The summed E-state index contributed by atoms with van der Waals surface area (Å²) in [6.45, 7) is 22.4. The Labute approximate surface area is 412 Å². The van der Waals surface area contributed by atoms with Gasteiger partial charge in [0.1, 0.15) is 20.9 Å². The minimum absolute atomic E-state index is 0.0692. The molecule has 7 heterocycles. The lowest BCUT2D eigenvalue weighted by Crippen LogP contribution is -2.37. The molecule has 4 N–H and O–H groups in total. The van der Waals surface area contributed by atoms with E-state index in [0.29, 0.717) is 84.1 Å². The zero-order valence-electron chi connectivity index (χ0n) is 40.6. The highest BCUT2D eigenvalue weighted by Gasteiger charge is 2.39. The van der Waals surface area contributed by atoms with Gasteiger partial charge in [0.2, 0.25) is 11.8 Å². The van der Waals surface area contributed by atoms with Crippen molar-refractivity contribution in [3.05, 3.63) is 48.0 Å². The molecule has 3 aromatic heterocycles. The van der Waals surface area contributed by atoms with Crippen molar-refractivity contribution in [3.63, 3.8) is 0 Å². The number of piperidine rings is 1. The first kappa shape index (κ1) is 54.3. The Kier molecular flexibility index (Phi) is 19.7. The molecule has 0 saturated carbocycles. The molecular formula is C48H69ClN4O11S3. The van der Waals surface area contributed by atoms with Crippen LogP contribution in [0.15, 0.2) is 0 Å². The number of carbonyl (C=O) groups is 5. The fourth-order valence-corrected chi connectivity index (χ4v) is 11.6. The summed E-state index contributed by atoms with van der Waals surface area (Å²) >= 11 is 9.77. The highest BCUT2D eigenvalue weighted by atomic mass is 35.5. The molecule has 67 heavy (non-hydrogen) atoms. The van der Waals surface area contributed by atoms with Crippen molar-refractivity contribution in [2.24, 2.45) is 0 Å². The molecule has 0 aliphatic carbocycles. The van der Waals surface area contributed by atoms with Gasteiger partial charge in [-0.05, 0) is 103 Å². The second-order valence-electron chi connectivity index (χ2n) is 17.7. The summed E-state index contributed by atoms with van der Waals surface area (Å²) in [5.74, 6) is -1.65. The number of nitrogens with two attached hydrogens (primary N) is 1. The molecule has 1 fully saturated rings. The first-order valence-corrected chi connectivity index (χ1v) is 26.4. The van der Waals surface area contributed by atoms with Crippen LogP contribution in [-0.4, -0.2) is 96.8 Å². The van der Waals surface area contributed by atoms with Crippen molar-refractivity contribution in [1.82, 2.24) is 4.90 Å². The van der Waals surface area contributed by atoms with E-state index in [9.17, 15) is 24.0 Å². The van der Waals surface area contributed by atoms with Crippen LogP contribution in [0.3, 0.4) is 0 Å². The molecule has 7 rings (SSSR count). The number of likely N-dealkylation sites (tertiary alicyclic amines) is 1. The molecule has 0 aromatic carbocycles. The number of thiophene rings is 3. The van der Waals surface area contributed by atoms with Crippen LogP contribution in [0.2, 0.25) is 0 Å². The van der Waals surface area contributed by atoms with Gasteiger partial charge in [-0.3, -0.25) is 14.5 Å². The van der Waals surface area contributed by atoms with Crippen molar-refractivity contribution in [2.75, 3.05) is 61.7 Å². The number of hydrogen-bond acceptors (Lipinski definition) is 16. The number of nitrogens with zero attached hydrogens (tertiary/aromatic N) is 1. The van der Waals surface area contributed by atoms with Gasteiger partial charge >= 0.3 is 17.9 Å². The van der Waals surface area contributed by atoms with E-state index in [1.165, 1.54) is 40.4 Å². The highest BCUT2D eigenvalue weighted by Crippen LogP contribution is 2.44. The van der Waals surface area contributed by atoms with Crippen molar-refractivity contribution in [2.45, 2.75) is 157 Å². The third-order valence-corrected chi connectivity index (χ3v) is 16.3. The summed E-state index contributed by atoms with van der Waals surface area (Å²) < 4.78 is 33.3. The van der Waals surface area contributed by atoms with Gasteiger partial charge < -0.3 is 44.8 Å². The lowest BCUT2D eigenvalue weighted by atomic mass is 9.89. The third-order valence-electron chi connectivity index (χ3n) is 12.7. The molecule has 19 heteroatoms. The summed E-state index contributed by atoms with van der Waals surface area (Å²) in [5.41, 5.74) is 9.59.